The van der Waals surface area contributed by atoms with Crippen molar-refractivity contribution in [1.82, 2.24) is 10.2 Å². The zero-order valence-electron chi connectivity index (χ0n) is 12.5. The van der Waals surface area contributed by atoms with E-state index < -0.39 is 9.84 Å². The van der Waals surface area contributed by atoms with Crippen molar-refractivity contribution < 1.29 is 8.42 Å². The van der Waals surface area contributed by atoms with Crippen LogP contribution in [0.5, 0.6) is 0 Å². The highest BCUT2D eigenvalue weighted by atomic mass is 32.2. The van der Waals surface area contributed by atoms with Crippen LogP contribution < -0.4 is 5.32 Å². The first-order valence-corrected chi connectivity index (χ1v) is 9.00. The van der Waals surface area contributed by atoms with Crippen molar-refractivity contribution in [3.05, 3.63) is 29.8 Å². The molecule has 4 nitrogen and oxygen atoms in total. The second-order valence-corrected chi connectivity index (χ2v) is 7.97. The summed E-state index contributed by atoms with van der Waals surface area (Å²) in [6, 6.07) is 7.78. The van der Waals surface area contributed by atoms with Gasteiger partial charge in [0.05, 0.1) is 4.90 Å². The molecule has 0 aromatic heterocycles. The van der Waals surface area contributed by atoms with E-state index in [4.69, 9.17) is 0 Å². The standard InChI is InChI=1S/C15H24N2O2S/c1-12(2)15-11-17(9-8-16-15)10-13-4-6-14(7-5-13)20(3,18)19/h4-7,12,15-16H,8-11H2,1-3H3. The number of hydrogen-bond acceptors (Lipinski definition) is 4. The van der Waals surface area contributed by atoms with Gasteiger partial charge in [-0.15, -0.1) is 0 Å². The first-order chi connectivity index (χ1) is 9.36. The van der Waals surface area contributed by atoms with Gasteiger partial charge in [0.2, 0.25) is 0 Å². The Bertz CT molecular complexity index is 537. The Morgan fingerprint density at radius 2 is 1.95 bits per heavy atom. The zero-order chi connectivity index (χ0) is 14.8. The van der Waals surface area contributed by atoms with Crippen molar-refractivity contribution >= 4 is 9.84 Å². The lowest BCUT2D eigenvalue weighted by Gasteiger charge is -2.35. The maximum Gasteiger partial charge on any atom is 0.175 e. The molecular weight excluding hydrogens is 272 g/mol. The highest BCUT2D eigenvalue weighted by Crippen LogP contribution is 2.14. The Hall–Kier alpha value is -0.910. The maximum absolute atomic E-state index is 11.4. The van der Waals surface area contributed by atoms with Crippen LogP contribution in [0.1, 0.15) is 19.4 Å². The zero-order valence-corrected chi connectivity index (χ0v) is 13.3. The van der Waals surface area contributed by atoms with Crippen LogP contribution in [0.4, 0.5) is 0 Å². The van der Waals surface area contributed by atoms with Crippen LogP contribution in [0.2, 0.25) is 0 Å². The molecule has 0 amide bonds. The van der Waals surface area contributed by atoms with E-state index in [0.717, 1.165) is 26.2 Å². The van der Waals surface area contributed by atoms with Gasteiger partial charge in [0.25, 0.3) is 0 Å². The molecule has 1 unspecified atom stereocenters. The number of piperazine rings is 1. The minimum atomic E-state index is -3.10. The number of sulfone groups is 1. The third-order valence-electron chi connectivity index (χ3n) is 3.85. The minimum Gasteiger partial charge on any atom is -0.311 e. The summed E-state index contributed by atoms with van der Waals surface area (Å²) in [4.78, 5) is 2.82. The molecule has 1 heterocycles. The molecule has 1 atom stereocenters. The van der Waals surface area contributed by atoms with Crippen molar-refractivity contribution in [1.29, 1.82) is 0 Å². The van der Waals surface area contributed by atoms with E-state index in [2.05, 4.69) is 24.1 Å². The smallest absolute Gasteiger partial charge is 0.175 e. The predicted octanol–water partition coefficient (Wildman–Crippen LogP) is 1.52. The molecule has 1 fully saturated rings. The predicted molar refractivity (Wildman–Crippen MR) is 81.5 cm³/mol. The second kappa shape index (κ2) is 6.24. The molecule has 1 saturated heterocycles. The fraction of sp³-hybridized carbons (Fsp3) is 0.600. The molecular formula is C15H24N2O2S. The Labute approximate surface area is 122 Å². The third-order valence-corrected chi connectivity index (χ3v) is 4.98. The lowest BCUT2D eigenvalue weighted by atomic mass is 10.0. The van der Waals surface area contributed by atoms with E-state index in [1.807, 2.05) is 12.1 Å². The van der Waals surface area contributed by atoms with E-state index in [1.54, 1.807) is 12.1 Å². The molecule has 1 aromatic carbocycles. The summed E-state index contributed by atoms with van der Waals surface area (Å²) >= 11 is 0. The molecule has 0 bridgehead atoms. The van der Waals surface area contributed by atoms with Gasteiger partial charge in [-0.3, -0.25) is 4.90 Å². The lowest BCUT2D eigenvalue weighted by Crippen LogP contribution is -2.52. The maximum atomic E-state index is 11.4. The molecule has 1 N–H and O–H groups in total. The van der Waals surface area contributed by atoms with Crippen LogP contribution in [-0.2, 0) is 16.4 Å². The van der Waals surface area contributed by atoms with Crippen molar-refractivity contribution in [3.63, 3.8) is 0 Å². The first-order valence-electron chi connectivity index (χ1n) is 7.11. The second-order valence-electron chi connectivity index (χ2n) is 5.96. The summed E-state index contributed by atoms with van der Waals surface area (Å²) in [5, 5.41) is 3.54. The topological polar surface area (TPSA) is 49.4 Å². The van der Waals surface area contributed by atoms with Crippen molar-refractivity contribution in [2.75, 3.05) is 25.9 Å². The summed E-state index contributed by atoms with van der Waals surface area (Å²) < 4.78 is 22.9. The number of benzene rings is 1. The molecule has 1 aliphatic heterocycles. The summed E-state index contributed by atoms with van der Waals surface area (Å²) in [6.07, 6.45) is 1.24. The van der Waals surface area contributed by atoms with Gasteiger partial charge in [-0.25, -0.2) is 8.42 Å². The van der Waals surface area contributed by atoms with Crippen molar-refractivity contribution in [2.45, 2.75) is 31.3 Å². The number of nitrogens with zero attached hydrogens (tertiary/aromatic N) is 1. The quantitative estimate of drug-likeness (QED) is 0.915. The molecule has 112 valence electrons. The first kappa shape index (κ1) is 15.5. The van der Waals surface area contributed by atoms with Gasteiger partial charge >= 0.3 is 0 Å². The van der Waals surface area contributed by atoms with Crippen molar-refractivity contribution in [2.24, 2.45) is 5.92 Å². The molecule has 0 saturated carbocycles. The SMILES string of the molecule is CC(C)C1CN(Cc2ccc(S(C)(=O)=O)cc2)CCN1. The number of nitrogens with one attached hydrogen (secondary N) is 1. The normalized spacial score (nSPS) is 21.3. The summed E-state index contributed by atoms with van der Waals surface area (Å²) in [5.74, 6) is 0.630. The summed E-state index contributed by atoms with van der Waals surface area (Å²) in [6.45, 7) is 8.46. The molecule has 1 aromatic rings. The van der Waals surface area contributed by atoms with E-state index in [-0.39, 0.29) is 0 Å². The van der Waals surface area contributed by atoms with Gasteiger partial charge in [0.15, 0.2) is 9.84 Å². The van der Waals surface area contributed by atoms with Gasteiger partial charge < -0.3 is 5.32 Å². The average molecular weight is 296 g/mol. The van der Waals surface area contributed by atoms with E-state index in [1.165, 1.54) is 11.8 Å². The lowest BCUT2D eigenvalue weighted by molar-refractivity contribution is 0.168. The Morgan fingerprint density at radius 1 is 1.30 bits per heavy atom. The number of rotatable bonds is 4. The van der Waals surface area contributed by atoms with E-state index >= 15 is 0 Å². The summed E-state index contributed by atoms with van der Waals surface area (Å²) in [7, 11) is -3.10. The van der Waals surface area contributed by atoms with Gasteiger partial charge in [-0.1, -0.05) is 26.0 Å². The van der Waals surface area contributed by atoms with Gasteiger partial charge in [-0.05, 0) is 23.6 Å². The Morgan fingerprint density at radius 3 is 2.50 bits per heavy atom. The minimum absolute atomic E-state index is 0.390. The van der Waals surface area contributed by atoms with Crippen LogP contribution in [0.25, 0.3) is 0 Å². The van der Waals surface area contributed by atoms with Crippen LogP contribution >= 0.6 is 0 Å². The Balaban J connectivity index is 2.00. The highest BCUT2D eigenvalue weighted by molar-refractivity contribution is 7.90. The van der Waals surface area contributed by atoms with Gasteiger partial charge in [0, 0.05) is 38.5 Å². The Kier molecular flexibility index (Phi) is 4.83. The average Bonchev–Trinajstić information content (AvgIpc) is 2.38. The fourth-order valence-corrected chi connectivity index (χ4v) is 3.16. The molecule has 0 aliphatic carbocycles. The molecule has 0 spiro atoms. The third kappa shape index (κ3) is 4.04. The summed E-state index contributed by atoms with van der Waals surface area (Å²) in [5.41, 5.74) is 1.17. The van der Waals surface area contributed by atoms with Crippen molar-refractivity contribution in [3.8, 4) is 0 Å². The van der Waals surface area contributed by atoms with Gasteiger partial charge in [-0.2, -0.15) is 0 Å². The number of hydrogen-bond donors (Lipinski definition) is 1. The van der Waals surface area contributed by atoms with Gasteiger partial charge in [0.1, 0.15) is 0 Å². The monoisotopic (exact) mass is 296 g/mol. The molecule has 1 aliphatic rings. The molecule has 2 rings (SSSR count). The van der Waals surface area contributed by atoms with Crippen LogP contribution in [-0.4, -0.2) is 45.2 Å². The highest BCUT2D eigenvalue weighted by Gasteiger charge is 2.21. The van der Waals surface area contributed by atoms with E-state index in [0.29, 0.717) is 16.9 Å². The van der Waals surface area contributed by atoms with Crippen LogP contribution in [0.15, 0.2) is 29.2 Å². The molecule has 20 heavy (non-hydrogen) atoms. The molecule has 5 heteroatoms. The molecule has 0 radical (unpaired) electrons. The van der Waals surface area contributed by atoms with E-state index in [9.17, 15) is 8.42 Å². The van der Waals surface area contributed by atoms with Crippen LogP contribution in [0, 0.1) is 5.92 Å². The fourth-order valence-electron chi connectivity index (χ4n) is 2.53. The van der Waals surface area contributed by atoms with Crippen LogP contribution in [0.3, 0.4) is 0 Å². The largest absolute Gasteiger partial charge is 0.311 e.